The van der Waals surface area contributed by atoms with E-state index in [9.17, 15) is 0 Å². The number of fused-ring (bicyclic) bond motifs is 1. The lowest BCUT2D eigenvalue weighted by molar-refractivity contribution is 0.766. The molecule has 120 valence electrons. The van der Waals surface area contributed by atoms with Crippen molar-refractivity contribution in [3.05, 3.63) is 46.5 Å². The van der Waals surface area contributed by atoms with Crippen LogP contribution in [0.2, 0.25) is 0 Å². The number of aromatic amines is 1. The SMILES string of the molecule is CCNc1nc(=S)n(Cc2ccccc2)c2nc(C(C)C)[nH]c12. The van der Waals surface area contributed by atoms with Crippen molar-refractivity contribution in [2.24, 2.45) is 0 Å². The van der Waals surface area contributed by atoms with Crippen LogP contribution in [0.15, 0.2) is 30.3 Å². The average Bonchev–Trinajstić information content (AvgIpc) is 2.98. The van der Waals surface area contributed by atoms with Crippen LogP contribution >= 0.6 is 12.2 Å². The Labute approximate surface area is 140 Å². The molecular formula is C17H21N5S. The van der Waals surface area contributed by atoms with Crippen molar-refractivity contribution in [3.63, 3.8) is 0 Å². The third kappa shape index (κ3) is 3.12. The van der Waals surface area contributed by atoms with Crippen LogP contribution in [0.25, 0.3) is 11.2 Å². The summed E-state index contributed by atoms with van der Waals surface area (Å²) in [6, 6.07) is 10.2. The summed E-state index contributed by atoms with van der Waals surface area (Å²) in [5.41, 5.74) is 2.95. The average molecular weight is 327 g/mol. The molecule has 0 aliphatic rings. The van der Waals surface area contributed by atoms with Crippen molar-refractivity contribution < 1.29 is 0 Å². The molecule has 3 aromatic rings. The van der Waals surface area contributed by atoms with E-state index >= 15 is 0 Å². The zero-order chi connectivity index (χ0) is 16.4. The summed E-state index contributed by atoms with van der Waals surface area (Å²) in [5, 5.41) is 3.27. The number of nitrogens with zero attached hydrogens (tertiary/aromatic N) is 3. The van der Waals surface area contributed by atoms with E-state index in [1.807, 2.05) is 29.7 Å². The lowest BCUT2D eigenvalue weighted by Crippen LogP contribution is -2.09. The molecule has 2 N–H and O–H groups in total. The van der Waals surface area contributed by atoms with Crippen LogP contribution in [0.3, 0.4) is 0 Å². The highest BCUT2D eigenvalue weighted by Crippen LogP contribution is 2.23. The minimum atomic E-state index is 0.315. The molecule has 0 saturated heterocycles. The molecule has 0 fully saturated rings. The van der Waals surface area contributed by atoms with Gasteiger partial charge in [-0.3, -0.25) is 4.57 Å². The molecule has 2 aromatic heterocycles. The summed E-state index contributed by atoms with van der Waals surface area (Å²) in [4.78, 5) is 12.7. The Morgan fingerprint density at radius 1 is 1.22 bits per heavy atom. The van der Waals surface area contributed by atoms with Gasteiger partial charge in [-0.15, -0.1) is 0 Å². The molecule has 0 unspecified atom stereocenters. The van der Waals surface area contributed by atoms with Gasteiger partial charge in [-0.25, -0.2) is 9.97 Å². The van der Waals surface area contributed by atoms with Gasteiger partial charge < -0.3 is 10.3 Å². The Bertz CT molecular complexity index is 864. The highest BCUT2D eigenvalue weighted by atomic mass is 32.1. The number of anilines is 1. The van der Waals surface area contributed by atoms with Crippen LogP contribution in [0.5, 0.6) is 0 Å². The molecule has 23 heavy (non-hydrogen) atoms. The van der Waals surface area contributed by atoms with E-state index in [1.54, 1.807) is 0 Å². The topological polar surface area (TPSA) is 58.5 Å². The summed E-state index contributed by atoms with van der Waals surface area (Å²) < 4.78 is 2.53. The molecule has 0 aliphatic carbocycles. The van der Waals surface area contributed by atoms with Crippen LogP contribution in [-0.4, -0.2) is 26.1 Å². The molecule has 6 heteroatoms. The second kappa shape index (κ2) is 6.50. The maximum atomic E-state index is 5.51. The van der Waals surface area contributed by atoms with E-state index in [0.29, 0.717) is 17.2 Å². The van der Waals surface area contributed by atoms with Gasteiger partial charge in [-0.2, -0.15) is 0 Å². The van der Waals surface area contributed by atoms with E-state index in [1.165, 1.54) is 5.56 Å². The normalized spacial score (nSPS) is 11.3. The van der Waals surface area contributed by atoms with E-state index in [0.717, 1.165) is 29.4 Å². The second-order valence-electron chi connectivity index (χ2n) is 5.82. The third-order valence-electron chi connectivity index (χ3n) is 3.71. The standard InChI is InChI=1S/C17H21N5S/c1-4-18-15-13-16(20-14(19-13)11(2)3)22(17(23)21-15)10-12-8-6-5-7-9-12/h5-9,11H,4,10H2,1-3H3,(H,19,20)(H,18,21,23). The summed E-state index contributed by atoms with van der Waals surface area (Å²) in [6.07, 6.45) is 0. The molecule has 0 bridgehead atoms. The van der Waals surface area contributed by atoms with Crippen LogP contribution in [0.1, 0.15) is 38.1 Å². The first-order chi connectivity index (χ1) is 11.1. The van der Waals surface area contributed by atoms with Gasteiger partial charge in [0, 0.05) is 12.5 Å². The number of hydrogen-bond acceptors (Lipinski definition) is 4. The molecular weight excluding hydrogens is 306 g/mol. The van der Waals surface area contributed by atoms with Gasteiger partial charge in [0.05, 0.1) is 6.54 Å². The lowest BCUT2D eigenvalue weighted by atomic mass is 10.2. The number of aromatic nitrogens is 4. The van der Waals surface area contributed by atoms with E-state index in [2.05, 4.69) is 41.3 Å². The molecule has 0 aliphatic heterocycles. The van der Waals surface area contributed by atoms with Crippen molar-refractivity contribution in [1.29, 1.82) is 0 Å². The Hall–Kier alpha value is -2.21. The highest BCUT2D eigenvalue weighted by molar-refractivity contribution is 7.71. The molecule has 0 radical (unpaired) electrons. The second-order valence-corrected chi connectivity index (χ2v) is 6.19. The van der Waals surface area contributed by atoms with Crippen LogP contribution in [0.4, 0.5) is 5.82 Å². The molecule has 1 aromatic carbocycles. The monoisotopic (exact) mass is 327 g/mol. The fourth-order valence-electron chi connectivity index (χ4n) is 2.52. The predicted octanol–water partition coefficient (Wildman–Crippen LogP) is 4.09. The van der Waals surface area contributed by atoms with Crippen LogP contribution < -0.4 is 5.32 Å². The van der Waals surface area contributed by atoms with Gasteiger partial charge >= 0.3 is 0 Å². The Balaban J connectivity index is 2.18. The quantitative estimate of drug-likeness (QED) is 0.693. The van der Waals surface area contributed by atoms with E-state index in [-0.39, 0.29) is 0 Å². The van der Waals surface area contributed by atoms with Gasteiger partial charge in [0.2, 0.25) is 4.77 Å². The number of nitrogens with one attached hydrogen (secondary N) is 2. The van der Waals surface area contributed by atoms with Gasteiger partial charge in [0.25, 0.3) is 0 Å². The highest BCUT2D eigenvalue weighted by Gasteiger charge is 2.15. The summed E-state index contributed by atoms with van der Waals surface area (Å²) in [7, 11) is 0. The maximum absolute atomic E-state index is 5.51. The zero-order valence-electron chi connectivity index (χ0n) is 13.6. The molecule has 5 nitrogen and oxygen atoms in total. The number of rotatable bonds is 5. The lowest BCUT2D eigenvalue weighted by Gasteiger charge is -2.10. The van der Waals surface area contributed by atoms with Crippen molar-refractivity contribution in [2.75, 3.05) is 11.9 Å². The van der Waals surface area contributed by atoms with E-state index in [4.69, 9.17) is 17.2 Å². The molecule has 2 heterocycles. The third-order valence-corrected chi connectivity index (χ3v) is 4.02. The van der Waals surface area contributed by atoms with Crippen LogP contribution in [0, 0.1) is 4.77 Å². The molecule has 0 atom stereocenters. The first kappa shape index (κ1) is 15.7. The molecule has 0 spiro atoms. The molecule has 0 amide bonds. The maximum Gasteiger partial charge on any atom is 0.203 e. The minimum Gasteiger partial charge on any atom is -0.368 e. The summed E-state index contributed by atoms with van der Waals surface area (Å²) >= 11 is 5.51. The predicted molar refractivity (Wildman–Crippen MR) is 96.5 cm³/mol. The van der Waals surface area contributed by atoms with Gasteiger partial charge in [0.1, 0.15) is 11.3 Å². The first-order valence-corrected chi connectivity index (χ1v) is 8.29. The number of imidazole rings is 1. The number of hydrogen-bond donors (Lipinski definition) is 2. The smallest absolute Gasteiger partial charge is 0.203 e. The Kier molecular flexibility index (Phi) is 4.43. The first-order valence-electron chi connectivity index (χ1n) is 7.88. The Morgan fingerprint density at radius 3 is 2.61 bits per heavy atom. The summed E-state index contributed by atoms with van der Waals surface area (Å²) in [5.74, 6) is 2.04. The van der Waals surface area contributed by atoms with Gasteiger partial charge in [-0.05, 0) is 24.7 Å². The van der Waals surface area contributed by atoms with Gasteiger partial charge in [-0.1, -0.05) is 44.2 Å². The fraction of sp³-hybridized carbons (Fsp3) is 0.353. The fourth-order valence-corrected chi connectivity index (χ4v) is 2.76. The number of benzene rings is 1. The van der Waals surface area contributed by atoms with Crippen molar-refractivity contribution in [1.82, 2.24) is 19.5 Å². The van der Waals surface area contributed by atoms with Crippen LogP contribution in [-0.2, 0) is 6.54 Å². The van der Waals surface area contributed by atoms with Crippen molar-refractivity contribution in [2.45, 2.75) is 33.2 Å². The van der Waals surface area contributed by atoms with Crippen molar-refractivity contribution in [3.8, 4) is 0 Å². The van der Waals surface area contributed by atoms with E-state index < -0.39 is 0 Å². The number of H-pyrrole nitrogens is 1. The zero-order valence-corrected chi connectivity index (χ0v) is 14.4. The molecule has 0 saturated carbocycles. The summed E-state index contributed by atoms with van der Waals surface area (Å²) in [6.45, 7) is 7.73. The molecule has 3 rings (SSSR count). The minimum absolute atomic E-state index is 0.315. The van der Waals surface area contributed by atoms with Crippen molar-refractivity contribution >= 4 is 29.2 Å². The Morgan fingerprint density at radius 2 is 1.96 bits per heavy atom. The largest absolute Gasteiger partial charge is 0.368 e. The van der Waals surface area contributed by atoms with Gasteiger partial charge in [0.15, 0.2) is 11.5 Å².